The van der Waals surface area contributed by atoms with E-state index in [1.54, 1.807) is 7.11 Å². The zero-order valence-corrected chi connectivity index (χ0v) is 14.4. The highest BCUT2D eigenvalue weighted by atomic mass is 16.5. The van der Waals surface area contributed by atoms with Gasteiger partial charge in [-0.05, 0) is 37.4 Å². The lowest BCUT2D eigenvalue weighted by Gasteiger charge is -2.46. The third-order valence-corrected chi connectivity index (χ3v) is 5.37. The van der Waals surface area contributed by atoms with Gasteiger partial charge in [-0.1, -0.05) is 39.0 Å². The van der Waals surface area contributed by atoms with Gasteiger partial charge in [0.25, 0.3) is 0 Å². The van der Waals surface area contributed by atoms with E-state index in [1.165, 1.54) is 5.56 Å². The Bertz CT molecular complexity index is 531. The predicted octanol–water partition coefficient (Wildman–Crippen LogP) is 4.24. The molecule has 0 spiro atoms. The minimum Gasteiger partial charge on any atom is -0.496 e. The smallest absolute Gasteiger partial charge is 0.220 e. The van der Waals surface area contributed by atoms with Crippen LogP contribution < -0.4 is 4.74 Å². The molecule has 1 fully saturated rings. The van der Waals surface area contributed by atoms with E-state index in [9.17, 15) is 0 Å². The summed E-state index contributed by atoms with van der Waals surface area (Å²) in [6, 6.07) is 8.25. The molecule has 1 saturated heterocycles. The van der Waals surface area contributed by atoms with Crippen molar-refractivity contribution in [2.45, 2.75) is 40.2 Å². The highest BCUT2D eigenvalue weighted by Crippen LogP contribution is 2.47. The lowest BCUT2D eigenvalue weighted by atomic mass is 9.61. The predicted molar refractivity (Wildman–Crippen MR) is 90.9 cm³/mol. The van der Waals surface area contributed by atoms with E-state index in [0.29, 0.717) is 6.54 Å². The summed E-state index contributed by atoms with van der Waals surface area (Å²) < 4.78 is 5.45. The minimum atomic E-state index is 0.159. The van der Waals surface area contributed by atoms with E-state index in [-0.39, 0.29) is 10.8 Å². The van der Waals surface area contributed by atoms with E-state index in [2.05, 4.69) is 42.6 Å². The van der Waals surface area contributed by atoms with Gasteiger partial charge >= 0.3 is 0 Å². The first-order chi connectivity index (χ1) is 10.4. The monoisotopic (exact) mass is 300 g/mol. The van der Waals surface area contributed by atoms with E-state index in [0.717, 1.165) is 38.2 Å². The third kappa shape index (κ3) is 3.44. The van der Waals surface area contributed by atoms with E-state index in [4.69, 9.17) is 11.3 Å². The lowest BCUT2D eigenvalue weighted by Crippen LogP contribution is -2.47. The molecule has 1 aromatic carbocycles. The maximum Gasteiger partial charge on any atom is 0.220 e. The summed E-state index contributed by atoms with van der Waals surface area (Å²) in [5.74, 6) is 0.969. The Hall–Kier alpha value is -1.53. The molecule has 3 nitrogen and oxygen atoms in total. The van der Waals surface area contributed by atoms with Crippen LogP contribution in [0.15, 0.2) is 24.3 Å². The topological polar surface area (TPSA) is 16.8 Å². The molecular formula is C19H28N2O. The van der Waals surface area contributed by atoms with Crippen LogP contribution in [0.1, 0.15) is 39.2 Å². The summed E-state index contributed by atoms with van der Waals surface area (Å²) >= 11 is 0. The van der Waals surface area contributed by atoms with Gasteiger partial charge < -0.3 is 9.58 Å². The summed E-state index contributed by atoms with van der Waals surface area (Å²) in [4.78, 5) is 6.24. The van der Waals surface area contributed by atoms with Crippen molar-refractivity contribution in [3.8, 4) is 5.75 Å². The van der Waals surface area contributed by atoms with Crippen LogP contribution >= 0.6 is 0 Å². The molecule has 0 radical (unpaired) electrons. The lowest BCUT2D eigenvalue weighted by molar-refractivity contribution is 0.0171. The number of nitrogens with zero attached hydrogens (tertiary/aromatic N) is 2. The van der Waals surface area contributed by atoms with Crippen LogP contribution in [0.3, 0.4) is 0 Å². The Balaban J connectivity index is 2.04. The molecule has 1 aromatic rings. The van der Waals surface area contributed by atoms with Gasteiger partial charge in [0.2, 0.25) is 6.54 Å². The second kappa shape index (κ2) is 6.71. The van der Waals surface area contributed by atoms with Gasteiger partial charge in [0.1, 0.15) is 5.75 Å². The van der Waals surface area contributed by atoms with Crippen LogP contribution in [0.2, 0.25) is 0 Å². The van der Waals surface area contributed by atoms with Crippen LogP contribution in [-0.4, -0.2) is 31.6 Å². The molecule has 0 atom stereocenters. The Morgan fingerprint density at radius 3 is 2.41 bits per heavy atom. The fourth-order valence-corrected chi connectivity index (χ4v) is 3.51. The highest BCUT2D eigenvalue weighted by molar-refractivity contribution is 5.33. The van der Waals surface area contributed by atoms with Gasteiger partial charge in [-0.25, -0.2) is 6.57 Å². The molecule has 2 rings (SSSR count). The molecule has 0 N–H and O–H groups in total. The number of methoxy groups -OCH3 is 1. The zero-order valence-electron chi connectivity index (χ0n) is 14.4. The largest absolute Gasteiger partial charge is 0.496 e. The number of hydrogen-bond acceptors (Lipinski definition) is 2. The van der Waals surface area contributed by atoms with Crippen molar-refractivity contribution in [1.82, 2.24) is 4.90 Å². The van der Waals surface area contributed by atoms with Crippen LogP contribution in [0, 0.1) is 17.4 Å². The number of rotatable bonds is 4. The summed E-state index contributed by atoms with van der Waals surface area (Å²) in [6.45, 7) is 17.9. The van der Waals surface area contributed by atoms with Gasteiger partial charge in [0.05, 0.1) is 7.11 Å². The van der Waals surface area contributed by atoms with Gasteiger partial charge in [-0.15, -0.1) is 0 Å². The number of para-hydroxylation sites is 1. The van der Waals surface area contributed by atoms with Crippen molar-refractivity contribution in [2.24, 2.45) is 10.8 Å². The molecule has 0 amide bonds. The quantitative estimate of drug-likeness (QED) is 0.773. The third-order valence-electron chi connectivity index (χ3n) is 5.37. The Morgan fingerprint density at radius 2 is 1.86 bits per heavy atom. The first-order valence-corrected chi connectivity index (χ1v) is 8.09. The van der Waals surface area contributed by atoms with E-state index < -0.39 is 0 Å². The number of likely N-dealkylation sites (tertiary alicyclic amines) is 1. The number of ether oxygens (including phenoxy) is 1. The molecule has 3 heteroatoms. The van der Waals surface area contributed by atoms with Gasteiger partial charge in [-0.3, -0.25) is 4.90 Å². The number of benzene rings is 1. The van der Waals surface area contributed by atoms with Gasteiger partial charge in [0.15, 0.2) is 0 Å². The Morgan fingerprint density at radius 1 is 1.23 bits per heavy atom. The van der Waals surface area contributed by atoms with E-state index in [1.807, 2.05) is 12.1 Å². The average molecular weight is 300 g/mol. The molecule has 120 valence electrons. The molecule has 1 aliphatic rings. The van der Waals surface area contributed by atoms with Crippen molar-refractivity contribution in [3.05, 3.63) is 41.2 Å². The number of hydrogen-bond donors (Lipinski definition) is 0. The molecular weight excluding hydrogens is 272 g/mol. The summed E-state index contributed by atoms with van der Waals surface area (Å²) in [7, 11) is 1.73. The van der Waals surface area contributed by atoms with Crippen molar-refractivity contribution in [2.75, 3.05) is 26.7 Å². The molecule has 1 aliphatic heterocycles. The van der Waals surface area contributed by atoms with Crippen molar-refractivity contribution in [3.63, 3.8) is 0 Å². The fraction of sp³-hybridized carbons (Fsp3) is 0.632. The maximum absolute atomic E-state index is 7.32. The second-order valence-corrected chi connectivity index (χ2v) is 7.43. The average Bonchev–Trinajstić information content (AvgIpc) is 2.49. The standard InChI is InChI=1S/C19H28N2O/c1-18(2,3)19(15-20-4)10-12-21(13-11-19)14-16-8-6-7-9-17(16)22-5/h6-9H,10-15H2,1-3,5H3. The van der Waals surface area contributed by atoms with Crippen LogP contribution in [0.5, 0.6) is 5.75 Å². The molecule has 0 aliphatic carbocycles. The molecule has 0 aromatic heterocycles. The first-order valence-electron chi connectivity index (χ1n) is 8.09. The van der Waals surface area contributed by atoms with Crippen molar-refractivity contribution < 1.29 is 4.74 Å². The minimum absolute atomic E-state index is 0.159. The Labute approximate surface area is 135 Å². The molecule has 0 bridgehead atoms. The molecule has 0 saturated carbocycles. The normalized spacial score (nSPS) is 18.7. The van der Waals surface area contributed by atoms with Crippen LogP contribution in [-0.2, 0) is 6.54 Å². The highest BCUT2D eigenvalue weighted by Gasteiger charge is 2.46. The molecule has 22 heavy (non-hydrogen) atoms. The van der Waals surface area contributed by atoms with Gasteiger partial charge in [-0.2, -0.15) is 0 Å². The van der Waals surface area contributed by atoms with Crippen LogP contribution in [0.25, 0.3) is 4.85 Å². The SMILES string of the molecule is [C-]#[N+]CC1(C(C)(C)C)CCN(Cc2ccccc2OC)CC1. The van der Waals surface area contributed by atoms with E-state index >= 15 is 0 Å². The fourth-order valence-electron chi connectivity index (χ4n) is 3.51. The Kier molecular flexibility index (Phi) is 5.13. The van der Waals surface area contributed by atoms with Gasteiger partial charge in [0, 0.05) is 17.5 Å². The summed E-state index contributed by atoms with van der Waals surface area (Å²) in [6.07, 6.45) is 2.21. The van der Waals surface area contributed by atoms with Crippen molar-refractivity contribution >= 4 is 0 Å². The first kappa shape index (κ1) is 16.8. The van der Waals surface area contributed by atoms with Crippen LogP contribution in [0.4, 0.5) is 0 Å². The second-order valence-electron chi connectivity index (χ2n) is 7.43. The molecule has 1 heterocycles. The number of piperidine rings is 1. The molecule has 0 unspecified atom stereocenters. The maximum atomic E-state index is 7.32. The summed E-state index contributed by atoms with van der Waals surface area (Å²) in [5.41, 5.74) is 1.60. The summed E-state index contributed by atoms with van der Waals surface area (Å²) in [5, 5.41) is 0. The van der Waals surface area contributed by atoms with Crippen molar-refractivity contribution in [1.29, 1.82) is 0 Å². The zero-order chi connectivity index (χ0) is 16.2.